The van der Waals surface area contributed by atoms with Crippen LogP contribution in [0.4, 0.5) is 0 Å². The summed E-state index contributed by atoms with van der Waals surface area (Å²) in [6.07, 6.45) is 2.53. The molecule has 0 radical (unpaired) electrons. The minimum Gasteiger partial charge on any atom is -0.455 e. The summed E-state index contributed by atoms with van der Waals surface area (Å²) in [5.41, 5.74) is 0. The molecular weight excluding hydrogens is 228 g/mol. The Labute approximate surface area is 108 Å². The summed E-state index contributed by atoms with van der Waals surface area (Å²) in [5, 5.41) is 2.86. The Morgan fingerprint density at radius 1 is 1.39 bits per heavy atom. The second kappa shape index (κ2) is 6.05. The fourth-order valence-corrected chi connectivity index (χ4v) is 2.13. The molecule has 4 nitrogen and oxygen atoms in total. The first-order chi connectivity index (χ1) is 8.65. The topological polar surface area (TPSA) is 45.5 Å². The summed E-state index contributed by atoms with van der Waals surface area (Å²) in [7, 11) is 0. The van der Waals surface area contributed by atoms with Crippen LogP contribution in [0, 0.1) is 5.92 Å². The number of carbonyl (C=O) groups excluding carboxylic acids is 1. The van der Waals surface area contributed by atoms with E-state index < -0.39 is 0 Å². The monoisotopic (exact) mass is 250 g/mol. The minimum atomic E-state index is -0.114. The van der Waals surface area contributed by atoms with Crippen molar-refractivity contribution in [3.8, 4) is 0 Å². The van der Waals surface area contributed by atoms with E-state index in [0.717, 1.165) is 25.4 Å². The maximum absolute atomic E-state index is 11.8. The van der Waals surface area contributed by atoms with Gasteiger partial charge in [-0.1, -0.05) is 13.8 Å². The average molecular weight is 250 g/mol. The summed E-state index contributed by atoms with van der Waals surface area (Å²) in [5.74, 6) is 1.64. The molecule has 1 aliphatic rings. The van der Waals surface area contributed by atoms with Gasteiger partial charge in [-0.25, -0.2) is 0 Å². The number of furan rings is 1. The van der Waals surface area contributed by atoms with Gasteiger partial charge in [0.15, 0.2) is 5.76 Å². The standard InChI is InChI=1S/C14H22N2O2/c1-11(2)9-15-14(17)13-6-5-12(18-13)10-16-7-3-4-8-16/h5-6,11H,3-4,7-10H2,1-2H3,(H,15,17). The van der Waals surface area contributed by atoms with E-state index in [2.05, 4.69) is 24.1 Å². The van der Waals surface area contributed by atoms with E-state index in [-0.39, 0.29) is 5.91 Å². The van der Waals surface area contributed by atoms with Gasteiger partial charge >= 0.3 is 0 Å². The highest BCUT2D eigenvalue weighted by molar-refractivity contribution is 5.91. The lowest BCUT2D eigenvalue weighted by molar-refractivity contribution is 0.0918. The van der Waals surface area contributed by atoms with Crippen LogP contribution in [0.5, 0.6) is 0 Å². The molecule has 0 aliphatic carbocycles. The van der Waals surface area contributed by atoms with Gasteiger partial charge in [0.1, 0.15) is 5.76 Å². The number of rotatable bonds is 5. The Kier molecular flexibility index (Phi) is 4.42. The van der Waals surface area contributed by atoms with Gasteiger partial charge in [0.2, 0.25) is 0 Å². The van der Waals surface area contributed by atoms with Crippen LogP contribution in [0.2, 0.25) is 0 Å². The predicted octanol–water partition coefficient (Wildman–Crippen LogP) is 2.26. The van der Waals surface area contributed by atoms with Crippen LogP contribution in [-0.2, 0) is 6.54 Å². The van der Waals surface area contributed by atoms with Crippen molar-refractivity contribution >= 4 is 5.91 Å². The first kappa shape index (κ1) is 13.1. The van der Waals surface area contributed by atoms with Crippen molar-refractivity contribution in [2.24, 2.45) is 5.92 Å². The summed E-state index contributed by atoms with van der Waals surface area (Å²) in [6.45, 7) is 7.91. The number of nitrogens with one attached hydrogen (secondary N) is 1. The van der Waals surface area contributed by atoms with Crippen LogP contribution in [0.1, 0.15) is 43.0 Å². The molecule has 0 bridgehead atoms. The molecule has 1 aromatic rings. The molecule has 2 heterocycles. The van der Waals surface area contributed by atoms with Gasteiger partial charge in [0, 0.05) is 6.54 Å². The Balaban J connectivity index is 1.86. The molecule has 100 valence electrons. The third-order valence-corrected chi connectivity index (χ3v) is 3.13. The first-order valence-electron chi connectivity index (χ1n) is 6.74. The molecule has 0 spiro atoms. The zero-order valence-electron chi connectivity index (χ0n) is 11.2. The number of amides is 1. The van der Waals surface area contributed by atoms with E-state index >= 15 is 0 Å². The zero-order valence-corrected chi connectivity index (χ0v) is 11.2. The molecule has 2 rings (SSSR count). The molecule has 0 aromatic carbocycles. The van der Waals surface area contributed by atoms with Crippen LogP contribution in [0.3, 0.4) is 0 Å². The highest BCUT2D eigenvalue weighted by Gasteiger charge is 2.15. The summed E-state index contributed by atoms with van der Waals surface area (Å²) < 4.78 is 5.59. The molecule has 0 atom stereocenters. The number of likely N-dealkylation sites (tertiary alicyclic amines) is 1. The van der Waals surface area contributed by atoms with E-state index in [1.165, 1.54) is 12.8 Å². The minimum absolute atomic E-state index is 0.114. The second-order valence-electron chi connectivity index (χ2n) is 5.35. The smallest absolute Gasteiger partial charge is 0.287 e. The van der Waals surface area contributed by atoms with E-state index in [4.69, 9.17) is 4.42 Å². The zero-order chi connectivity index (χ0) is 13.0. The van der Waals surface area contributed by atoms with Crippen LogP contribution in [-0.4, -0.2) is 30.4 Å². The Hall–Kier alpha value is -1.29. The summed E-state index contributed by atoms with van der Waals surface area (Å²) >= 11 is 0. The fraction of sp³-hybridized carbons (Fsp3) is 0.643. The normalized spacial score (nSPS) is 16.4. The molecule has 1 aromatic heterocycles. The third-order valence-electron chi connectivity index (χ3n) is 3.13. The van der Waals surface area contributed by atoms with Crippen molar-refractivity contribution in [2.75, 3.05) is 19.6 Å². The number of hydrogen-bond acceptors (Lipinski definition) is 3. The molecule has 1 amide bonds. The largest absolute Gasteiger partial charge is 0.455 e. The Morgan fingerprint density at radius 2 is 2.11 bits per heavy atom. The van der Waals surface area contributed by atoms with Crippen molar-refractivity contribution in [2.45, 2.75) is 33.2 Å². The summed E-state index contributed by atoms with van der Waals surface area (Å²) in [6, 6.07) is 3.67. The van der Waals surface area contributed by atoms with Crippen molar-refractivity contribution in [1.29, 1.82) is 0 Å². The first-order valence-corrected chi connectivity index (χ1v) is 6.74. The van der Waals surface area contributed by atoms with Crippen LogP contribution in [0.25, 0.3) is 0 Å². The lowest BCUT2D eigenvalue weighted by Gasteiger charge is -2.11. The van der Waals surface area contributed by atoms with Crippen LogP contribution < -0.4 is 5.32 Å². The number of nitrogens with zero attached hydrogens (tertiary/aromatic N) is 1. The second-order valence-corrected chi connectivity index (χ2v) is 5.35. The third kappa shape index (κ3) is 3.60. The molecule has 4 heteroatoms. The van der Waals surface area contributed by atoms with Gasteiger partial charge in [0.05, 0.1) is 6.54 Å². The quantitative estimate of drug-likeness (QED) is 0.872. The molecule has 1 N–H and O–H groups in total. The lowest BCUT2D eigenvalue weighted by atomic mass is 10.2. The van der Waals surface area contributed by atoms with Crippen molar-refractivity contribution in [3.63, 3.8) is 0 Å². The van der Waals surface area contributed by atoms with E-state index in [9.17, 15) is 4.79 Å². The summed E-state index contributed by atoms with van der Waals surface area (Å²) in [4.78, 5) is 14.1. The van der Waals surface area contributed by atoms with Gasteiger partial charge < -0.3 is 9.73 Å². The Morgan fingerprint density at radius 3 is 2.78 bits per heavy atom. The molecular formula is C14H22N2O2. The number of carbonyl (C=O) groups is 1. The Bertz CT molecular complexity index is 392. The van der Waals surface area contributed by atoms with Gasteiger partial charge in [-0.15, -0.1) is 0 Å². The highest BCUT2D eigenvalue weighted by atomic mass is 16.4. The fourth-order valence-electron chi connectivity index (χ4n) is 2.13. The van der Waals surface area contributed by atoms with Crippen molar-refractivity contribution in [1.82, 2.24) is 10.2 Å². The maximum atomic E-state index is 11.8. The molecule has 18 heavy (non-hydrogen) atoms. The molecule has 0 unspecified atom stereocenters. The van der Waals surface area contributed by atoms with Crippen LogP contribution in [0.15, 0.2) is 16.5 Å². The van der Waals surface area contributed by atoms with Gasteiger partial charge in [-0.2, -0.15) is 0 Å². The average Bonchev–Trinajstić information content (AvgIpc) is 2.98. The highest BCUT2D eigenvalue weighted by Crippen LogP contribution is 2.15. The van der Waals surface area contributed by atoms with Crippen LogP contribution >= 0.6 is 0 Å². The van der Waals surface area contributed by atoms with Gasteiger partial charge in [0.25, 0.3) is 5.91 Å². The maximum Gasteiger partial charge on any atom is 0.287 e. The molecule has 0 saturated carbocycles. The van der Waals surface area contributed by atoms with Crippen molar-refractivity contribution in [3.05, 3.63) is 23.7 Å². The molecule has 1 saturated heterocycles. The van der Waals surface area contributed by atoms with Gasteiger partial charge in [-0.05, 0) is 44.0 Å². The lowest BCUT2D eigenvalue weighted by Crippen LogP contribution is -2.26. The molecule has 1 aliphatic heterocycles. The van der Waals surface area contributed by atoms with Crippen molar-refractivity contribution < 1.29 is 9.21 Å². The van der Waals surface area contributed by atoms with E-state index in [1.807, 2.05) is 6.07 Å². The van der Waals surface area contributed by atoms with Gasteiger partial charge in [-0.3, -0.25) is 9.69 Å². The number of hydrogen-bond donors (Lipinski definition) is 1. The SMILES string of the molecule is CC(C)CNC(=O)c1ccc(CN2CCCC2)o1. The van der Waals surface area contributed by atoms with E-state index in [1.54, 1.807) is 6.07 Å². The molecule has 1 fully saturated rings. The van der Waals surface area contributed by atoms with E-state index in [0.29, 0.717) is 18.2 Å². The predicted molar refractivity (Wildman–Crippen MR) is 70.4 cm³/mol.